The number of nitrogens with zero attached hydrogens (tertiary/aromatic N) is 1. The van der Waals surface area contributed by atoms with Gasteiger partial charge in [0.2, 0.25) is 17.7 Å². The van der Waals surface area contributed by atoms with Crippen LogP contribution in [0.1, 0.15) is 63.9 Å². The Morgan fingerprint density at radius 3 is 2.38 bits per heavy atom. The van der Waals surface area contributed by atoms with Gasteiger partial charge in [-0.2, -0.15) is 0 Å². The Morgan fingerprint density at radius 1 is 1.15 bits per heavy atom. The zero-order chi connectivity index (χ0) is 18.7. The number of hydrogen-bond acceptors (Lipinski definition) is 3. The SMILES string of the molecule is CC[C@H](C)c1ccccc1NC(=O)CCN1C(=O)[C@H]2CCCC[C@@H]2C1=O. The molecule has 1 saturated carbocycles. The van der Waals surface area contributed by atoms with E-state index in [2.05, 4.69) is 19.2 Å². The normalized spacial score (nSPS) is 23.7. The van der Waals surface area contributed by atoms with Gasteiger partial charge in [-0.3, -0.25) is 19.3 Å². The van der Waals surface area contributed by atoms with Crippen LogP contribution < -0.4 is 5.32 Å². The highest BCUT2D eigenvalue weighted by atomic mass is 16.2. The molecule has 140 valence electrons. The lowest BCUT2D eigenvalue weighted by Crippen LogP contribution is -2.34. The minimum atomic E-state index is -0.156. The minimum absolute atomic E-state index is 0.0764. The zero-order valence-electron chi connectivity index (χ0n) is 15.7. The van der Waals surface area contributed by atoms with Crippen molar-refractivity contribution in [2.24, 2.45) is 11.8 Å². The van der Waals surface area contributed by atoms with Gasteiger partial charge in [0.05, 0.1) is 11.8 Å². The molecular weight excluding hydrogens is 328 g/mol. The number of likely N-dealkylation sites (tertiary alicyclic amines) is 1. The molecular formula is C21H28N2O3. The van der Waals surface area contributed by atoms with E-state index in [9.17, 15) is 14.4 Å². The fourth-order valence-corrected chi connectivity index (χ4v) is 4.14. The van der Waals surface area contributed by atoms with Gasteiger partial charge in [-0.15, -0.1) is 0 Å². The number of carbonyl (C=O) groups excluding carboxylic acids is 3. The molecule has 0 spiro atoms. The first kappa shape index (κ1) is 18.6. The van der Waals surface area contributed by atoms with Gasteiger partial charge in [-0.1, -0.05) is 44.9 Å². The molecule has 1 aliphatic heterocycles. The number of anilines is 1. The summed E-state index contributed by atoms with van der Waals surface area (Å²) in [7, 11) is 0. The van der Waals surface area contributed by atoms with E-state index in [4.69, 9.17) is 0 Å². The molecule has 5 heteroatoms. The second kappa shape index (κ2) is 8.02. The van der Waals surface area contributed by atoms with Gasteiger partial charge in [-0.25, -0.2) is 0 Å². The molecule has 26 heavy (non-hydrogen) atoms. The summed E-state index contributed by atoms with van der Waals surface area (Å²) in [6.07, 6.45) is 4.78. The van der Waals surface area contributed by atoms with Crippen molar-refractivity contribution in [1.82, 2.24) is 4.90 Å². The van der Waals surface area contributed by atoms with Crippen molar-refractivity contribution in [2.45, 2.75) is 58.3 Å². The van der Waals surface area contributed by atoms with Crippen LogP contribution in [0.5, 0.6) is 0 Å². The zero-order valence-corrected chi connectivity index (χ0v) is 15.7. The van der Waals surface area contributed by atoms with Gasteiger partial charge in [0.1, 0.15) is 0 Å². The van der Waals surface area contributed by atoms with Crippen molar-refractivity contribution < 1.29 is 14.4 Å². The lowest BCUT2D eigenvalue weighted by atomic mass is 9.81. The first-order valence-corrected chi connectivity index (χ1v) is 9.77. The molecule has 1 heterocycles. The van der Waals surface area contributed by atoms with Crippen molar-refractivity contribution in [3.05, 3.63) is 29.8 Å². The van der Waals surface area contributed by atoms with E-state index in [1.807, 2.05) is 24.3 Å². The van der Waals surface area contributed by atoms with E-state index < -0.39 is 0 Å². The van der Waals surface area contributed by atoms with E-state index >= 15 is 0 Å². The lowest BCUT2D eigenvalue weighted by molar-refractivity contribution is -0.140. The Morgan fingerprint density at radius 2 is 1.77 bits per heavy atom. The summed E-state index contributed by atoms with van der Waals surface area (Å²) >= 11 is 0. The van der Waals surface area contributed by atoms with E-state index in [0.717, 1.165) is 43.4 Å². The Kier molecular flexibility index (Phi) is 5.74. The van der Waals surface area contributed by atoms with Crippen LogP contribution in [0.25, 0.3) is 0 Å². The summed E-state index contributed by atoms with van der Waals surface area (Å²) in [5.41, 5.74) is 1.93. The number of nitrogens with one attached hydrogen (secondary N) is 1. The molecule has 1 aromatic carbocycles. The Balaban J connectivity index is 1.60. The maximum absolute atomic E-state index is 12.5. The first-order chi connectivity index (χ1) is 12.5. The predicted octanol–water partition coefficient (Wildman–Crippen LogP) is 3.70. The predicted molar refractivity (Wildman–Crippen MR) is 101 cm³/mol. The molecule has 1 aliphatic carbocycles. The standard InChI is InChI=1S/C21H28N2O3/c1-3-14(2)15-8-6-7-11-18(15)22-19(24)12-13-23-20(25)16-9-4-5-10-17(16)21(23)26/h6-8,11,14,16-17H,3-5,9-10,12-13H2,1-2H3,(H,22,24)/t14-,16-,17-/m0/s1. The van der Waals surface area contributed by atoms with Crippen molar-refractivity contribution in [2.75, 3.05) is 11.9 Å². The van der Waals surface area contributed by atoms with Gasteiger partial charge in [-0.05, 0) is 36.8 Å². The highest BCUT2D eigenvalue weighted by Gasteiger charge is 2.47. The highest BCUT2D eigenvalue weighted by molar-refractivity contribution is 6.05. The number of imide groups is 1. The molecule has 3 amide bonds. The van der Waals surface area contributed by atoms with E-state index in [0.29, 0.717) is 5.92 Å². The van der Waals surface area contributed by atoms with Crippen LogP contribution in [0.4, 0.5) is 5.69 Å². The van der Waals surface area contributed by atoms with Gasteiger partial charge in [0, 0.05) is 18.7 Å². The van der Waals surface area contributed by atoms with Crippen LogP contribution >= 0.6 is 0 Å². The molecule has 1 N–H and O–H groups in total. The first-order valence-electron chi connectivity index (χ1n) is 9.77. The van der Waals surface area contributed by atoms with E-state index in [1.165, 1.54) is 4.90 Å². The minimum Gasteiger partial charge on any atom is -0.326 e. The number of benzene rings is 1. The molecule has 1 aromatic rings. The maximum atomic E-state index is 12.5. The van der Waals surface area contributed by atoms with Crippen molar-refractivity contribution in [1.29, 1.82) is 0 Å². The second-order valence-corrected chi connectivity index (χ2v) is 7.52. The molecule has 3 rings (SSSR count). The number of fused-ring (bicyclic) bond motifs is 1. The Labute approximate surface area is 155 Å². The molecule has 1 saturated heterocycles. The van der Waals surface area contributed by atoms with Gasteiger partial charge >= 0.3 is 0 Å². The van der Waals surface area contributed by atoms with Crippen LogP contribution in [0.2, 0.25) is 0 Å². The summed E-state index contributed by atoms with van der Waals surface area (Å²) in [6.45, 7) is 4.43. The van der Waals surface area contributed by atoms with E-state index in [-0.39, 0.29) is 42.5 Å². The van der Waals surface area contributed by atoms with Crippen molar-refractivity contribution in [3.63, 3.8) is 0 Å². The van der Waals surface area contributed by atoms with Crippen LogP contribution in [0, 0.1) is 11.8 Å². The number of para-hydroxylation sites is 1. The Bertz CT molecular complexity index is 676. The molecule has 0 radical (unpaired) electrons. The fourth-order valence-electron chi connectivity index (χ4n) is 4.14. The third-order valence-corrected chi connectivity index (χ3v) is 5.87. The largest absolute Gasteiger partial charge is 0.326 e. The maximum Gasteiger partial charge on any atom is 0.233 e. The quantitative estimate of drug-likeness (QED) is 0.790. The number of hydrogen-bond donors (Lipinski definition) is 1. The lowest BCUT2D eigenvalue weighted by Gasteiger charge is -2.19. The highest BCUT2D eigenvalue weighted by Crippen LogP contribution is 2.38. The molecule has 0 aromatic heterocycles. The smallest absolute Gasteiger partial charge is 0.233 e. The van der Waals surface area contributed by atoms with Gasteiger partial charge < -0.3 is 5.32 Å². The fraction of sp³-hybridized carbons (Fsp3) is 0.571. The molecule has 5 nitrogen and oxygen atoms in total. The van der Waals surface area contributed by atoms with Crippen molar-refractivity contribution in [3.8, 4) is 0 Å². The topological polar surface area (TPSA) is 66.5 Å². The van der Waals surface area contributed by atoms with E-state index in [1.54, 1.807) is 0 Å². The second-order valence-electron chi connectivity index (χ2n) is 7.52. The summed E-state index contributed by atoms with van der Waals surface area (Å²) < 4.78 is 0. The summed E-state index contributed by atoms with van der Waals surface area (Å²) in [5, 5.41) is 2.95. The van der Waals surface area contributed by atoms with Crippen LogP contribution in [-0.2, 0) is 14.4 Å². The summed E-state index contributed by atoms with van der Waals surface area (Å²) in [6, 6.07) is 7.81. The molecule has 3 atom stereocenters. The van der Waals surface area contributed by atoms with Gasteiger partial charge in [0.25, 0.3) is 0 Å². The van der Waals surface area contributed by atoms with Crippen LogP contribution in [0.15, 0.2) is 24.3 Å². The summed E-state index contributed by atoms with van der Waals surface area (Å²) in [4.78, 5) is 38.7. The average Bonchev–Trinajstić information content (AvgIpc) is 2.91. The summed E-state index contributed by atoms with van der Waals surface area (Å²) in [5.74, 6) is -0.247. The monoisotopic (exact) mass is 356 g/mol. The molecule has 0 bridgehead atoms. The third kappa shape index (κ3) is 3.67. The third-order valence-electron chi connectivity index (χ3n) is 5.87. The molecule has 2 aliphatic rings. The number of amides is 3. The molecule has 0 unspecified atom stereocenters. The molecule has 2 fully saturated rings. The number of carbonyl (C=O) groups is 3. The van der Waals surface area contributed by atoms with Gasteiger partial charge in [0.15, 0.2) is 0 Å². The average molecular weight is 356 g/mol. The van der Waals surface area contributed by atoms with Crippen LogP contribution in [0.3, 0.4) is 0 Å². The van der Waals surface area contributed by atoms with Crippen LogP contribution in [-0.4, -0.2) is 29.2 Å². The Hall–Kier alpha value is -2.17. The number of rotatable bonds is 6. The van der Waals surface area contributed by atoms with Crippen molar-refractivity contribution >= 4 is 23.4 Å².